The molecule has 8 heteroatoms. The van der Waals surface area contributed by atoms with Crippen molar-refractivity contribution in [1.29, 1.82) is 0 Å². The first-order chi connectivity index (χ1) is 12.6. The molecule has 0 saturated heterocycles. The summed E-state index contributed by atoms with van der Waals surface area (Å²) in [6.07, 6.45) is 9.54. The van der Waals surface area contributed by atoms with Gasteiger partial charge in [0, 0.05) is 18.5 Å². The van der Waals surface area contributed by atoms with Gasteiger partial charge in [-0.3, -0.25) is 10.1 Å². The van der Waals surface area contributed by atoms with E-state index in [-0.39, 0.29) is 11.9 Å². The number of nitrogens with zero attached hydrogens (tertiary/aromatic N) is 3. The summed E-state index contributed by atoms with van der Waals surface area (Å²) in [4.78, 5) is 24.4. The second kappa shape index (κ2) is 8.70. The number of hydrogen-bond donors (Lipinski definition) is 2. The minimum Gasteiger partial charge on any atom is -0.335 e. The van der Waals surface area contributed by atoms with E-state index in [1.54, 1.807) is 6.92 Å². The molecule has 26 heavy (non-hydrogen) atoms. The van der Waals surface area contributed by atoms with Crippen LogP contribution in [0.4, 0.5) is 4.79 Å². The first-order valence-corrected chi connectivity index (χ1v) is 10.3. The lowest BCUT2D eigenvalue weighted by Gasteiger charge is -2.23. The number of carbonyl (C=O) groups is 2. The lowest BCUT2D eigenvalue weighted by molar-refractivity contribution is -0.119. The maximum Gasteiger partial charge on any atom is 0.321 e. The minimum atomic E-state index is -0.438. The SMILES string of the molecule is C=CCn1c(SC(C)C(=O)NC(=O)NC2CCCCC2)nnc1C1CC1. The molecule has 3 amide bonds. The zero-order valence-electron chi connectivity index (χ0n) is 15.2. The van der Waals surface area contributed by atoms with Crippen molar-refractivity contribution < 1.29 is 9.59 Å². The van der Waals surface area contributed by atoms with Gasteiger partial charge in [-0.2, -0.15) is 0 Å². The summed E-state index contributed by atoms with van der Waals surface area (Å²) in [5.74, 6) is 1.13. The van der Waals surface area contributed by atoms with Crippen LogP contribution < -0.4 is 10.6 Å². The molecule has 2 aliphatic carbocycles. The first kappa shape index (κ1) is 18.9. The average Bonchev–Trinajstić information content (AvgIpc) is 3.39. The van der Waals surface area contributed by atoms with Crippen LogP contribution in [0.5, 0.6) is 0 Å². The molecule has 2 N–H and O–H groups in total. The number of urea groups is 1. The number of allylic oxidation sites excluding steroid dienone is 1. The fraction of sp³-hybridized carbons (Fsp3) is 0.667. The van der Waals surface area contributed by atoms with Crippen LogP contribution in [0.1, 0.15) is 63.6 Å². The second-order valence-corrected chi connectivity index (χ2v) is 8.38. The minimum absolute atomic E-state index is 0.177. The molecule has 0 radical (unpaired) electrons. The quantitative estimate of drug-likeness (QED) is 0.563. The molecule has 1 unspecified atom stereocenters. The van der Waals surface area contributed by atoms with Gasteiger partial charge < -0.3 is 9.88 Å². The third-order valence-electron chi connectivity index (χ3n) is 4.83. The molecule has 2 fully saturated rings. The van der Waals surface area contributed by atoms with Crippen molar-refractivity contribution in [2.24, 2.45) is 0 Å². The van der Waals surface area contributed by atoms with Crippen molar-refractivity contribution in [3.05, 3.63) is 18.5 Å². The van der Waals surface area contributed by atoms with Gasteiger partial charge in [-0.25, -0.2) is 4.79 Å². The van der Waals surface area contributed by atoms with E-state index in [2.05, 4.69) is 27.4 Å². The van der Waals surface area contributed by atoms with E-state index < -0.39 is 11.3 Å². The number of rotatable bonds is 7. The molecular formula is C18H27N5O2S. The maximum atomic E-state index is 12.4. The van der Waals surface area contributed by atoms with Crippen molar-refractivity contribution in [3.63, 3.8) is 0 Å². The fourth-order valence-electron chi connectivity index (χ4n) is 3.23. The lowest BCUT2D eigenvalue weighted by atomic mass is 9.96. The van der Waals surface area contributed by atoms with Gasteiger partial charge in [0.2, 0.25) is 5.91 Å². The van der Waals surface area contributed by atoms with Gasteiger partial charge in [0.1, 0.15) is 5.82 Å². The highest BCUT2D eigenvalue weighted by molar-refractivity contribution is 8.00. The summed E-state index contributed by atoms with van der Waals surface area (Å²) in [5.41, 5.74) is 0. The third-order valence-corrected chi connectivity index (χ3v) is 5.91. The van der Waals surface area contributed by atoms with Crippen molar-refractivity contribution in [2.45, 2.75) is 80.8 Å². The van der Waals surface area contributed by atoms with Gasteiger partial charge in [-0.05, 0) is 32.6 Å². The summed E-state index contributed by atoms with van der Waals surface area (Å²) < 4.78 is 2.02. The lowest BCUT2D eigenvalue weighted by Crippen LogP contribution is -2.47. The van der Waals surface area contributed by atoms with Gasteiger partial charge >= 0.3 is 6.03 Å². The predicted molar refractivity (Wildman–Crippen MR) is 101 cm³/mol. The number of amides is 3. The Bertz CT molecular complexity index is 665. The number of nitrogens with one attached hydrogen (secondary N) is 2. The number of aromatic nitrogens is 3. The van der Waals surface area contributed by atoms with Crippen molar-refractivity contribution in [2.75, 3.05) is 0 Å². The van der Waals surface area contributed by atoms with Crippen LogP contribution in [-0.2, 0) is 11.3 Å². The summed E-state index contributed by atoms with van der Waals surface area (Å²) in [6, 6.07) is -0.225. The van der Waals surface area contributed by atoms with E-state index in [1.165, 1.54) is 18.2 Å². The van der Waals surface area contributed by atoms with Gasteiger partial charge in [0.25, 0.3) is 0 Å². The Hall–Kier alpha value is -1.83. The Balaban J connectivity index is 1.53. The molecule has 0 aliphatic heterocycles. The molecule has 142 valence electrons. The van der Waals surface area contributed by atoms with E-state index in [9.17, 15) is 9.59 Å². The fourth-order valence-corrected chi connectivity index (χ4v) is 4.09. The number of imide groups is 1. The summed E-state index contributed by atoms with van der Waals surface area (Å²) in [6.45, 7) is 6.19. The van der Waals surface area contributed by atoms with Crippen LogP contribution in [0.3, 0.4) is 0 Å². The third kappa shape index (κ3) is 4.87. The molecule has 1 aromatic heterocycles. The predicted octanol–water partition coefficient (Wildman–Crippen LogP) is 2.98. The van der Waals surface area contributed by atoms with E-state index >= 15 is 0 Å². The molecule has 1 atom stereocenters. The summed E-state index contributed by atoms with van der Waals surface area (Å²) in [5, 5.41) is 14.1. The maximum absolute atomic E-state index is 12.4. The van der Waals surface area contributed by atoms with E-state index in [4.69, 9.17) is 0 Å². The van der Waals surface area contributed by atoms with Crippen LogP contribution in [-0.4, -0.2) is 38.0 Å². The largest absolute Gasteiger partial charge is 0.335 e. The summed E-state index contributed by atoms with van der Waals surface area (Å²) in [7, 11) is 0. The highest BCUT2D eigenvalue weighted by Gasteiger charge is 2.31. The standard InChI is InChI=1S/C18H27N5O2S/c1-3-11-23-15(13-9-10-13)21-22-18(23)26-12(2)16(24)20-17(25)19-14-7-5-4-6-8-14/h3,12-14H,1,4-11H2,2H3,(H2,19,20,24,25). The van der Waals surface area contributed by atoms with E-state index in [0.717, 1.165) is 44.3 Å². The normalized spacial score (nSPS) is 19.0. The molecule has 0 aromatic carbocycles. The van der Waals surface area contributed by atoms with Gasteiger partial charge in [-0.15, -0.1) is 16.8 Å². The topological polar surface area (TPSA) is 88.9 Å². The molecule has 1 aromatic rings. The highest BCUT2D eigenvalue weighted by atomic mass is 32.2. The Morgan fingerprint density at radius 3 is 2.65 bits per heavy atom. The van der Waals surface area contributed by atoms with Crippen molar-refractivity contribution in [3.8, 4) is 0 Å². The molecular weight excluding hydrogens is 350 g/mol. The van der Waals surface area contributed by atoms with Gasteiger partial charge in [0.05, 0.1) is 5.25 Å². The molecule has 2 aliphatic rings. The van der Waals surface area contributed by atoms with Crippen LogP contribution in [0.2, 0.25) is 0 Å². The van der Waals surface area contributed by atoms with Crippen molar-refractivity contribution >= 4 is 23.7 Å². The van der Waals surface area contributed by atoms with Crippen LogP contribution >= 0.6 is 11.8 Å². The van der Waals surface area contributed by atoms with Gasteiger partial charge in [-0.1, -0.05) is 37.1 Å². The first-order valence-electron chi connectivity index (χ1n) is 9.40. The molecule has 7 nitrogen and oxygen atoms in total. The van der Waals surface area contributed by atoms with Crippen LogP contribution in [0.15, 0.2) is 17.8 Å². The number of thioether (sulfide) groups is 1. The molecule has 2 saturated carbocycles. The summed E-state index contributed by atoms with van der Waals surface area (Å²) >= 11 is 1.32. The van der Waals surface area contributed by atoms with Gasteiger partial charge in [0.15, 0.2) is 5.16 Å². The zero-order chi connectivity index (χ0) is 18.5. The van der Waals surface area contributed by atoms with E-state index in [0.29, 0.717) is 17.6 Å². The Kier molecular flexibility index (Phi) is 6.34. The Labute approximate surface area is 158 Å². The molecule has 0 bridgehead atoms. The van der Waals surface area contributed by atoms with Crippen LogP contribution in [0, 0.1) is 0 Å². The van der Waals surface area contributed by atoms with E-state index in [1.807, 2.05) is 10.6 Å². The number of hydrogen-bond acceptors (Lipinski definition) is 5. The average molecular weight is 378 g/mol. The zero-order valence-corrected chi connectivity index (χ0v) is 16.1. The second-order valence-electron chi connectivity index (χ2n) is 7.07. The Morgan fingerprint density at radius 2 is 2.00 bits per heavy atom. The monoisotopic (exact) mass is 377 g/mol. The smallest absolute Gasteiger partial charge is 0.321 e. The molecule has 3 rings (SSSR count). The van der Waals surface area contributed by atoms with Crippen LogP contribution in [0.25, 0.3) is 0 Å². The molecule has 0 spiro atoms. The van der Waals surface area contributed by atoms with Crippen molar-refractivity contribution in [1.82, 2.24) is 25.4 Å². The highest BCUT2D eigenvalue weighted by Crippen LogP contribution is 2.40. The Morgan fingerprint density at radius 1 is 1.27 bits per heavy atom. The molecule has 1 heterocycles. The number of carbonyl (C=O) groups excluding carboxylic acids is 2.